The van der Waals surface area contributed by atoms with Crippen LogP contribution in [0.3, 0.4) is 0 Å². The van der Waals surface area contributed by atoms with Gasteiger partial charge in [0.1, 0.15) is 11.1 Å². The molecule has 1 aliphatic rings. The first-order valence-corrected chi connectivity index (χ1v) is 4.32. The maximum atomic E-state index is 11.5. The molecule has 0 aromatic rings. The maximum absolute atomic E-state index is 11.5. The largest absolute Gasteiger partial charge is 0.459 e. The van der Waals surface area contributed by atoms with Gasteiger partial charge >= 0.3 is 5.97 Å². The molecule has 1 fully saturated rings. The fourth-order valence-corrected chi connectivity index (χ4v) is 1.06. The molecule has 0 bridgehead atoms. The van der Waals surface area contributed by atoms with Crippen molar-refractivity contribution in [2.24, 2.45) is 0 Å². The van der Waals surface area contributed by atoms with Crippen molar-refractivity contribution < 1.29 is 9.53 Å². The van der Waals surface area contributed by atoms with E-state index in [9.17, 15) is 4.79 Å². The van der Waals surface area contributed by atoms with Crippen molar-refractivity contribution in [2.75, 3.05) is 7.05 Å². The molecule has 0 radical (unpaired) electrons. The third kappa shape index (κ3) is 3.16. The number of esters is 1. The number of likely N-dealkylation sites (N-methyl/N-ethyl adjacent to an activating group) is 1. The number of nitrogens with one attached hydrogen (secondary N) is 1. The Morgan fingerprint density at radius 3 is 2.08 bits per heavy atom. The molecule has 0 aliphatic heterocycles. The summed E-state index contributed by atoms with van der Waals surface area (Å²) in [5.41, 5.74) is -0.725. The lowest BCUT2D eigenvalue weighted by Crippen LogP contribution is -2.41. The number of carbonyl (C=O) groups is 1. The summed E-state index contributed by atoms with van der Waals surface area (Å²) >= 11 is 0. The van der Waals surface area contributed by atoms with Crippen molar-refractivity contribution in [3.63, 3.8) is 0 Å². The number of hydrogen-bond acceptors (Lipinski definition) is 3. The second-order valence-electron chi connectivity index (χ2n) is 4.33. The number of halogens is 1. The van der Waals surface area contributed by atoms with Crippen molar-refractivity contribution in [3.8, 4) is 0 Å². The van der Waals surface area contributed by atoms with Crippen LogP contribution in [0.1, 0.15) is 33.6 Å². The van der Waals surface area contributed by atoms with Gasteiger partial charge in [0.2, 0.25) is 0 Å². The van der Waals surface area contributed by atoms with Gasteiger partial charge in [0, 0.05) is 0 Å². The van der Waals surface area contributed by atoms with E-state index in [1.165, 1.54) is 0 Å². The zero-order chi connectivity index (χ0) is 9.41. The number of hydrogen-bond donors (Lipinski definition) is 1. The summed E-state index contributed by atoms with van der Waals surface area (Å²) in [6.45, 7) is 5.66. The quantitative estimate of drug-likeness (QED) is 0.698. The number of carbonyl (C=O) groups excluding carboxylic acids is 1. The van der Waals surface area contributed by atoms with Crippen molar-refractivity contribution in [3.05, 3.63) is 0 Å². The molecule has 0 saturated heterocycles. The smallest absolute Gasteiger partial charge is 0.326 e. The van der Waals surface area contributed by atoms with E-state index in [1.807, 2.05) is 20.8 Å². The zero-order valence-corrected chi connectivity index (χ0v) is 9.46. The Labute approximate surface area is 85.6 Å². The highest BCUT2D eigenvalue weighted by atomic mass is 35.5. The average Bonchev–Trinajstić information content (AvgIpc) is 2.62. The predicted octanol–water partition coefficient (Wildman–Crippen LogP) is 1.50. The number of ether oxygens (including phenoxy) is 1. The summed E-state index contributed by atoms with van der Waals surface area (Å²) < 4.78 is 5.25. The molecule has 3 nitrogen and oxygen atoms in total. The molecule has 78 valence electrons. The van der Waals surface area contributed by atoms with Crippen LogP contribution in [-0.4, -0.2) is 24.2 Å². The Balaban J connectivity index is 0.00000144. The Morgan fingerprint density at radius 2 is 1.85 bits per heavy atom. The maximum Gasteiger partial charge on any atom is 0.326 e. The SMILES string of the molecule is CNC1(C(=O)OC(C)(C)C)CC1.Cl. The van der Waals surface area contributed by atoms with E-state index in [1.54, 1.807) is 7.05 Å². The summed E-state index contributed by atoms with van der Waals surface area (Å²) in [5.74, 6) is -0.113. The Hall–Kier alpha value is -0.280. The lowest BCUT2D eigenvalue weighted by Gasteiger charge is -2.23. The van der Waals surface area contributed by atoms with Crippen LogP contribution in [0.5, 0.6) is 0 Å². The minimum Gasteiger partial charge on any atom is -0.459 e. The van der Waals surface area contributed by atoms with Crippen LogP contribution in [0.25, 0.3) is 0 Å². The van der Waals surface area contributed by atoms with E-state index >= 15 is 0 Å². The van der Waals surface area contributed by atoms with Gasteiger partial charge in [0.15, 0.2) is 0 Å². The second-order valence-corrected chi connectivity index (χ2v) is 4.33. The molecular formula is C9H18ClNO2. The highest BCUT2D eigenvalue weighted by molar-refractivity contribution is 5.85. The summed E-state index contributed by atoms with van der Waals surface area (Å²) in [4.78, 5) is 11.5. The van der Waals surface area contributed by atoms with Gasteiger partial charge < -0.3 is 10.1 Å². The fraction of sp³-hybridized carbons (Fsp3) is 0.889. The van der Waals surface area contributed by atoms with Gasteiger partial charge in [-0.2, -0.15) is 0 Å². The monoisotopic (exact) mass is 207 g/mol. The van der Waals surface area contributed by atoms with Crippen LogP contribution in [-0.2, 0) is 9.53 Å². The Kier molecular flexibility index (Phi) is 3.76. The van der Waals surface area contributed by atoms with E-state index in [2.05, 4.69) is 5.32 Å². The second kappa shape index (κ2) is 3.84. The molecule has 0 atom stereocenters. The molecule has 0 spiro atoms. The summed E-state index contributed by atoms with van der Waals surface area (Å²) in [5, 5.41) is 3.00. The van der Waals surface area contributed by atoms with E-state index in [0.717, 1.165) is 12.8 Å². The van der Waals surface area contributed by atoms with Crippen LogP contribution >= 0.6 is 12.4 Å². The molecule has 4 heteroatoms. The van der Waals surface area contributed by atoms with Crippen LogP contribution < -0.4 is 5.32 Å². The molecule has 1 aliphatic carbocycles. The van der Waals surface area contributed by atoms with Crippen LogP contribution in [0.2, 0.25) is 0 Å². The van der Waals surface area contributed by atoms with Gasteiger partial charge in [-0.15, -0.1) is 12.4 Å². The first-order valence-electron chi connectivity index (χ1n) is 4.32. The van der Waals surface area contributed by atoms with Gasteiger partial charge in [0.25, 0.3) is 0 Å². The van der Waals surface area contributed by atoms with Crippen molar-refractivity contribution in [1.29, 1.82) is 0 Å². The molecule has 1 saturated carbocycles. The molecule has 0 heterocycles. The Bertz CT molecular complexity index is 194. The van der Waals surface area contributed by atoms with Crippen molar-refractivity contribution in [1.82, 2.24) is 5.32 Å². The van der Waals surface area contributed by atoms with Gasteiger partial charge in [-0.1, -0.05) is 0 Å². The predicted molar refractivity (Wildman–Crippen MR) is 54.1 cm³/mol. The van der Waals surface area contributed by atoms with Gasteiger partial charge in [-0.05, 0) is 40.7 Å². The standard InChI is InChI=1S/C9H17NO2.ClH/c1-8(2,3)12-7(11)9(10-4)5-6-9;/h10H,5-6H2,1-4H3;1H. The molecule has 0 aromatic carbocycles. The van der Waals surface area contributed by atoms with Gasteiger partial charge in [0.05, 0.1) is 0 Å². The normalized spacial score (nSPS) is 18.8. The number of rotatable bonds is 2. The van der Waals surface area contributed by atoms with Gasteiger partial charge in [-0.3, -0.25) is 4.79 Å². The van der Waals surface area contributed by atoms with E-state index in [-0.39, 0.29) is 29.5 Å². The minimum atomic E-state index is -0.372. The van der Waals surface area contributed by atoms with Crippen LogP contribution in [0, 0.1) is 0 Å². The van der Waals surface area contributed by atoms with Crippen molar-refractivity contribution >= 4 is 18.4 Å². The molecule has 1 N–H and O–H groups in total. The molecule has 13 heavy (non-hydrogen) atoms. The highest BCUT2D eigenvalue weighted by Crippen LogP contribution is 2.37. The molecule has 1 rings (SSSR count). The minimum absolute atomic E-state index is 0. The first-order chi connectivity index (χ1) is 5.40. The van der Waals surface area contributed by atoms with Crippen molar-refractivity contribution in [2.45, 2.75) is 44.8 Å². The molecular weight excluding hydrogens is 190 g/mol. The van der Waals surface area contributed by atoms with E-state index in [0.29, 0.717) is 0 Å². The summed E-state index contributed by atoms with van der Waals surface area (Å²) in [7, 11) is 1.80. The summed E-state index contributed by atoms with van der Waals surface area (Å²) in [6, 6.07) is 0. The van der Waals surface area contributed by atoms with Gasteiger partial charge in [-0.25, -0.2) is 0 Å². The van der Waals surface area contributed by atoms with E-state index in [4.69, 9.17) is 4.74 Å². The van der Waals surface area contributed by atoms with Crippen LogP contribution in [0.4, 0.5) is 0 Å². The Morgan fingerprint density at radius 1 is 1.38 bits per heavy atom. The first kappa shape index (κ1) is 12.7. The summed E-state index contributed by atoms with van der Waals surface area (Å²) in [6.07, 6.45) is 1.80. The van der Waals surface area contributed by atoms with Crippen LogP contribution in [0.15, 0.2) is 0 Å². The van der Waals surface area contributed by atoms with E-state index < -0.39 is 0 Å². The molecule has 0 aromatic heterocycles. The average molecular weight is 208 g/mol. The lowest BCUT2D eigenvalue weighted by atomic mass is 10.2. The molecule has 0 unspecified atom stereocenters. The zero-order valence-electron chi connectivity index (χ0n) is 8.64. The highest BCUT2D eigenvalue weighted by Gasteiger charge is 2.51. The lowest BCUT2D eigenvalue weighted by molar-refractivity contribution is -0.158. The fourth-order valence-electron chi connectivity index (χ4n) is 1.06. The third-order valence-corrected chi connectivity index (χ3v) is 2.02. The molecule has 0 amide bonds. The topological polar surface area (TPSA) is 38.3 Å². The third-order valence-electron chi connectivity index (χ3n) is 2.02.